The molecule has 1 aliphatic heterocycles. The average Bonchev–Trinajstić information content (AvgIpc) is 2.38. The number of ketones is 1. The number of ether oxygens (including phenoxy) is 1. The van der Waals surface area contributed by atoms with E-state index in [1.54, 1.807) is 0 Å². The van der Waals surface area contributed by atoms with Gasteiger partial charge in [-0.05, 0) is 32.8 Å². The van der Waals surface area contributed by atoms with Crippen LogP contribution in [0, 0.1) is 13.8 Å². The van der Waals surface area contributed by atoms with Gasteiger partial charge in [0.05, 0.1) is 19.3 Å². The molecule has 0 aliphatic carbocycles. The van der Waals surface area contributed by atoms with Crippen LogP contribution in [0.1, 0.15) is 41.8 Å². The minimum atomic E-state index is 0.213. The van der Waals surface area contributed by atoms with E-state index in [4.69, 9.17) is 4.74 Å². The molecule has 0 saturated carbocycles. The third-order valence-corrected chi connectivity index (χ3v) is 4.08. The Morgan fingerprint density at radius 1 is 1.40 bits per heavy atom. The highest BCUT2D eigenvalue weighted by Crippen LogP contribution is 2.17. The molecule has 0 spiro atoms. The maximum absolute atomic E-state index is 12.5. The van der Waals surface area contributed by atoms with Crippen LogP contribution in [-0.4, -0.2) is 42.5 Å². The molecule has 2 rings (SSSR count). The summed E-state index contributed by atoms with van der Waals surface area (Å²) in [5.74, 6) is 0.218. The van der Waals surface area contributed by atoms with Crippen molar-refractivity contribution in [2.75, 3.05) is 19.7 Å². The zero-order valence-corrected chi connectivity index (χ0v) is 13.0. The highest BCUT2D eigenvalue weighted by atomic mass is 16.5. The second-order valence-electron chi connectivity index (χ2n) is 5.88. The molecule has 3 nitrogen and oxygen atoms in total. The Labute approximate surface area is 121 Å². The monoisotopic (exact) mass is 275 g/mol. The summed E-state index contributed by atoms with van der Waals surface area (Å²) in [6, 6.07) is 6.41. The summed E-state index contributed by atoms with van der Waals surface area (Å²) >= 11 is 0. The van der Waals surface area contributed by atoms with Crippen LogP contribution in [-0.2, 0) is 4.74 Å². The summed E-state index contributed by atoms with van der Waals surface area (Å²) in [6.07, 6.45) is 1.23. The smallest absolute Gasteiger partial charge is 0.177 e. The number of carbonyl (C=O) groups excluding carboxylic acids is 1. The second-order valence-corrected chi connectivity index (χ2v) is 5.88. The maximum Gasteiger partial charge on any atom is 0.177 e. The zero-order chi connectivity index (χ0) is 14.7. The SMILES string of the molecule is CCC1COC(C)CN1CC(=O)c1ccc(C)cc1C. The fourth-order valence-corrected chi connectivity index (χ4v) is 2.88. The minimum absolute atomic E-state index is 0.213. The number of carbonyl (C=O) groups is 1. The van der Waals surface area contributed by atoms with Gasteiger partial charge >= 0.3 is 0 Å². The highest BCUT2D eigenvalue weighted by molar-refractivity contribution is 5.99. The third-order valence-electron chi connectivity index (χ3n) is 4.08. The summed E-state index contributed by atoms with van der Waals surface area (Å²) in [6.45, 7) is 10.4. The number of hydrogen-bond acceptors (Lipinski definition) is 3. The first kappa shape index (κ1) is 15.2. The summed E-state index contributed by atoms with van der Waals surface area (Å²) in [5, 5.41) is 0. The predicted molar refractivity (Wildman–Crippen MR) is 81.3 cm³/mol. The molecule has 1 fully saturated rings. The maximum atomic E-state index is 12.5. The number of nitrogens with zero attached hydrogens (tertiary/aromatic N) is 1. The molecule has 3 heteroatoms. The van der Waals surface area contributed by atoms with Crippen LogP contribution in [0.5, 0.6) is 0 Å². The zero-order valence-electron chi connectivity index (χ0n) is 13.0. The van der Waals surface area contributed by atoms with Gasteiger partial charge in [-0.3, -0.25) is 9.69 Å². The summed E-state index contributed by atoms with van der Waals surface area (Å²) in [5.41, 5.74) is 3.12. The molecule has 1 saturated heterocycles. The lowest BCUT2D eigenvalue weighted by Gasteiger charge is -2.37. The molecule has 2 atom stereocenters. The number of aryl methyl sites for hydroxylation is 2. The van der Waals surface area contributed by atoms with Crippen molar-refractivity contribution in [1.82, 2.24) is 4.90 Å². The molecular weight excluding hydrogens is 250 g/mol. The van der Waals surface area contributed by atoms with E-state index in [1.165, 1.54) is 5.56 Å². The van der Waals surface area contributed by atoms with Gasteiger partial charge in [-0.15, -0.1) is 0 Å². The first-order valence-electron chi connectivity index (χ1n) is 7.47. The fraction of sp³-hybridized carbons (Fsp3) is 0.588. The molecule has 2 unspecified atom stereocenters. The van der Waals surface area contributed by atoms with Crippen molar-refractivity contribution in [1.29, 1.82) is 0 Å². The summed E-state index contributed by atoms with van der Waals surface area (Å²) in [4.78, 5) is 14.8. The molecule has 0 bridgehead atoms. The van der Waals surface area contributed by atoms with Gasteiger partial charge in [0.15, 0.2) is 5.78 Å². The Bertz CT molecular complexity index is 484. The van der Waals surface area contributed by atoms with Crippen LogP contribution in [0.25, 0.3) is 0 Å². The Balaban J connectivity index is 2.09. The summed E-state index contributed by atoms with van der Waals surface area (Å²) in [7, 11) is 0. The van der Waals surface area contributed by atoms with E-state index >= 15 is 0 Å². The molecule has 20 heavy (non-hydrogen) atoms. The molecule has 0 radical (unpaired) electrons. The van der Waals surface area contributed by atoms with Crippen LogP contribution in [0.2, 0.25) is 0 Å². The summed E-state index contributed by atoms with van der Waals surface area (Å²) < 4.78 is 5.69. The molecular formula is C17H25NO2. The van der Waals surface area contributed by atoms with Gasteiger partial charge in [-0.2, -0.15) is 0 Å². The van der Waals surface area contributed by atoms with Gasteiger partial charge in [0.25, 0.3) is 0 Å². The van der Waals surface area contributed by atoms with Gasteiger partial charge in [-0.1, -0.05) is 30.7 Å². The van der Waals surface area contributed by atoms with Crippen molar-refractivity contribution >= 4 is 5.78 Å². The van der Waals surface area contributed by atoms with Gasteiger partial charge < -0.3 is 4.74 Å². The quantitative estimate of drug-likeness (QED) is 0.791. The van der Waals surface area contributed by atoms with Crippen LogP contribution in [0.15, 0.2) is 18.2 Å². The van der Waals surface area contributed by atoms with E-state index in [0.29, 0.717) is 12.6 Å². The Morgan fingerprint density at radius 3 is 2.80 bits per heavy atom. The number of hydrogen-bond donors (Lipinski definition) is 0. The molecule has 0 aromatic heterocycles. The lowest BCUT2D eigenvalue weighted by Crippen LogP contribution is -2.50. The normalized spacial score (nSPS) is 23.8. The number of morpholine rings is 1. The van der Waals surface area contributed by atoms with E-state index in [1.807, 2.05) is 19.1 Å². The minimum Gasteiger partial charge on any atom is -0.376 e. The standard InChI is InChI=1S/C17H25NO2/c1-5-15-11-20-14(4)9-18(15)10-17(19)16-7-6-12(2)8-13(16)3/h6-8,14-15H,5,9-11H2,1-4H3. The Kier molecular flexibility index (Phi) is 4.95. The second kappa shape index (κ2) is 6.51. The predicted octanol–water partition coefficient (Wildman–Crippen LogP) is 2.99. The number of rotatable bonds is 4. The third kappa shape index (κ3) is 3.47. The van der Waals surface area contributed by atoms with Crippen molar-refractivity contribution in [2.45, 2.75) is 46.3 Å². The molecule has 1 aliphatic rings. The van der Waals surface area contributed by atoms with Crippen molar-refractivity contribution in [3.05, 3.63) is 34.9 Å². The number of Topliss-reactive ketones (excluding diaryl/α,β-unsaturated/α-hetero) is 1. The van der Waals surface area contributed by atoms with Gasteiger partial charge in [0, 0.05) is 18.2 Å². The molecule has 0 amide bonds. The average molecular weight is 275 g/mol. The number of benzene rings is 1. The van der Waals surface area contributed by atoms with Gasteiger partial charge in [0.2, 0.25) is 0 Å². The van der Waals surface area contributed by atoms with E-state index in [0.717, 1.165) is 30.7 Å². The Hall–Kier alpha value is -1.19. The van der Waals surface area contributed by atoms with Crippen LogP contribution >= 0.6 is 0 Å². The first-order valence-corrected chi connectivity index (χ1v) is 7.47. The lowest BCUT2D eigenvalue weighted by atomic mass is 10.0. The molecule has 1 aromatic rings. The Morgan fingerprint density at radius 2 is 2.15 bits per heavy atom. The molecule has 0 N–H and O–H groups in total. The van der Waals surface area contributed by atoms with Crippen molar-refractivity contribution in [2.24, 2.45) is 0 Å². The van der Waals surface area contributed by atoms with E-state index in [-0.39, 0.29) is 11.9 Å². The highest BCUT2D eigenvalue weighted by Gasteiger charge is 2.27. The molecule has 110 valence electrons. The van der Waals surface area contributed by atoms with Gasteiger partial charge in [-0.25, -0.2) is 0 Å². The molecule has 1 aromatic carbocycles. The van der Waals surface area contributed by atoms with E-state index < -0.39 is 0 Å². The topological polar surface area (TPSA) is 29.5 Å². The van der Waals surface area contributed by atoms with Crippen LogP contribution < -0.4 is 0 Å². The van der Waals surface area contributed by atoms with Crippen LogP contribution in [0.3, 0.4) is 0 Å². The molecule has 1 heterocycles. The first-order chi connectivity index (χ1) is 9.51. The fourth-order valence-electron chi connectivity index (χ4n) is 2.88. The van der Waals surface area contributed by atoms with Gasteiger partial charge in [0.1, 0.15) is 0 Å². The van der Waals surface area contributed by atoms with Crippen molar-refractivity contribution < 1.29 is 9.53 Å². The van der Waals surface area contributed by atoms with Crippen molar-refractivity contribution in [3.63, 3.8) is 0 Å². The van der Waals surface area contributed by atoms with E-state index in [2.05, 4.69) is 31.7 Å². The van der Waals surface area contributed by atoms with E-state index in [9.17, 15) is 4.79 Å². The lowest BCUT2D eigenvalue weighted by molar-refractivity contribution is -0.0523. The largest absolute Gasteiger partial charge is 0.376 e. The van der Waals surface area contributed by atoms with Crippen molar-refractivity contribution in [3.8, 4) is 0 Å². The van der Waals surface area contributed by atoms with Crippen LogP contribution in [0.4, 0.5) is 0 Å².